The van der Waals surface area contributed by atoms with Gasteiger partial charge in [0, 0.05) is 18.3 Å². The molecular formula is C15H15ClN2OS. The Morgan fingerprint density at radius 3 is 2.65 bits per heavy atom. The molecule has 20 heavy (non-hydrogen) atoms. The van der Waals surface area contributed by atoms with Crippen LogP contribution in [0.15, 0.2) is 36.4 Å². The van der Waals surface area contributed by atoms with Crippen LogP contribution >= 0.6 is 22.9 Å². The van der Waals surface area contributed by atoms with Gasteiger partial charge >= 0.3 is 0 Å². The van der Waals surface area contributed by atoms with Gasteiger partial charge in [-0.25, -0.2) is 0 Å². The number of thiophene rings is 1. The average Bonchev–Trinajstić information content (AvgIpc) is 3.18. The molecule has 104 valence electrons. The Balaban J connectivity index is 1.83. The molecule has 1 heterocycles. The molecule has 0 aliphatic heterocycles. The SMILES string of the molecule is Nc1ccccc1CN(C(=O)c1ccc(Cl)s1)C1CC1. The highest BCUT2D eigenvalue weighted by atomic mass is 35.5. The molecule has 1 aromatic heterocycles. The van der Waals surface area contributed by atoms with Crippen molar-refractivity contribution in [2.24, 2.45) is 0 Å². The first-order valence-electron chi connectivity index (χ1n) is 6.55. The fraction of sp³-hybridized carbons (Fsp3) is 0.267. The second-order valence-electron chi connectivity index (χ2n) is 4.97. The van der Waals surface area contributed by atoms with E-state index in [-0.39, 0.29) is 5.91 Å². The van der Waals surface area contributed by atoms with E-state index in [9.17, 15) is 4.79 Å². The van der Waals surface area contributed by atoms with E-state index in [1.165, 1.54) is 11.3 Å². The molecule has 1 aliphatic rings. The van der Waals surface area contributed by atoms with Crippen LogP contribution < -0.4 is 5.73 Å². The lowest BCUT2D eigenvalue weighted by atomic mass is 10.1. The Kier molecular flexibility index (Phi) is 3.68. The molecule has 2 N–H and O–H groups in total. The van der Waals surface area contributed by atoms with E-state index in [1.54, 1.807) is 12.1 Å². The number of anilines is 1. The van der Waals surface area contributed by atoms with Gasteiger partial charge in [-0.2, -0.15) is 0 Å². The fourth-order valence-corrected chi connectivity index (χ4v) is 3.18. The lowest BCUT2D eigenvalue weighted by Crippen LogP contribution is -2.32. The number of amides is 1. The summed E-state index contributed by atoms with van der Waals surface area (Å²) in [6, 6.07) is 11.6. The van der Waals surface area contributed by atoms with Gasteiger partial charge in [-0.1, -0.05) is 29.8 Å². The molecule has 2 aromatic rings. The number of nitrogens with two attached hydrogens (primary N) is 1. The van der Waals surface area contributed by atoms with Crippen LogP contribution in [0, 0.1) is 0 Å². The smallest absolute Gasteiger partial charge is 0.264 e. The molecular weight excluding hydrogens is 292 g/mol. The predicted octanol–water partition coefficient (Wildman–Crippen LogP) is 3.79. The molecule has 0 spiro atoms. The second-order valence-corrected chi connectivity index (χ2v) is 6.68. The largest absolute Gasteiger partial charge is 0.398 e. The van der Waals surface area contributed by atoms with Gasteiger partial charge in [0.1, 0.15) is 0 Å². The van der Waals surface area contributed by atoms with E-state index in [0.717, 1.165) is 24.1 Å². The van der Waals surface area contributed by atoms with E-state index < -0.39 is 0 Å². The Morgan fingerprint density at radius 2 is 2.05 bits per heavy atom. The summed E-state index contributed by atoms with van der Waals surface area (Å²) in [4.78, 5) is 15.2. The average molecular weight is 307 g/mol. The molecule has 1 aromatic carbocycles. The van der Waals surface area contributed by atoms with Crippen LogP contribution in [0.3, 0.4) is 0 Å². The van der Waals surface area contributed by atoms with Gasteiger partial charge in [-0.15, -0.1) is 11.3 Å². The Morgan fingerprint density at radius 1 is 1.30 bits per heavy atom. The molecule has 1 amide bonds. The van der Waals surface area contributed by atoms with Crippen LogP contribution in [0.25, 0.3) is 0 Å². The number of nitrogen functional groups attached to an aromatic ring is 1. The standard InChI is InChI=1S/C15H15ClN2OS/c16-14-8-7-13(20-14)15(19)18(11-5-6-11)9-10-3-1-2-4-12(10)17/h1-4,7-8,11H,5-6,9,17H2. The predicted molar refractivity (Wildman–Crippen MR) is 83.1 cm³/mol. The number of carbonyl (C=O) groups excluding carboxylic acids is 1. The Labute approximate surface area is 127 Å². The van der Waals surface area contributed by atoms with Crippen molar-refractivity contribution in [2.45, 2.75) is 25.4 Å². The maximum Gasteiger partial charge on any atom is 0.264 e. The van der Waals surface area contributed by atoms with E-state index in [1.807, 2.05) is 29.2 Å². The van der Waals surface area contributed by atoms with Crippen LogP contribution in [-0.4, -0.2) is 16.8 Å². The van der Waals surface area contributed by atoms with Crippen molar-refractivity contribution in [2.75, 3.05) is 5.73 Å². The number of hydrogen-bond donors (Lipinski definition) is 1. The summed E-state index contributed by atoms with van der Waals surface area (Å²) >= 11 is 7.24. The number of hydrogen-bond acceptors (Lipinski definition) is 3. The molecule has 3 nitrogen and oxygen atoms in total. The van der Waals surface area contributed by atoms with Crippen molar-refractivity contribution < 1.29 is 4.79 Å². The number of para-hydroxylation sites is 1. The van der Waals surface area contributed by atoms with Crippen LogP contribution in [-0.2, 0) is 6.54 Å². The van der Waals surface area contributed by atoms with Gasteiger partial charge < -0.3 is 10.6 Å². The Bertz CT molecular complexity index is 636. The quantitative estimate of drug-likeness (QED) is 0.874. The summed E-state index contributed by atoms with van der Waals surface area (Å²) in [7, 11) is 0. The first kappa shape index (κ1) is 13.5. The minimum absolute atomic E-state index is 0.0488. The van der Waals surface area contributed by atoms with E-state index in [0.29, 0.717) is 21.8 Å². The third-order valence-electron chi connectivity index (χ3n) is 3.43. The van der Waals surface area contributed by atoms with Gasteiger partial charge in [-0.3, -0.25) is 4.79 Å². The number of nitrogens with zero attached hydrogens (tertiary/aromatic N) is 1. The van der Waals surface area contributed by atoms with Crippen LogP contribution in [0.5, 0.6) is 0 Å². The van der Waals surface area contributed by atoms with E-state index in [4.69, 9.17) is 17.3 Å². The Hall–Kier alpha value is -1.52. The van der Waals surface area contributed by atoms with Crippen molar-refractivity contribution in [3.05, 3.63) is 51.2 Å². The van der Waals surface area contributed by atoms with Crippen molar-refractivity contribution in [1.29, 1.82) is 0 Å². The zero-order valence-corrected chi connectivity index (χ0v) is 12.5. The fourth-order valence-electron chi connectivity index (χ4n) is 2.19. The lowest BCUT2D eigenvalue weighted by Gasteiger charge is -2.22. The number of carbonyl (C=O) groups is 1. The molecule has 1 aliphatic carbocycles. The molecule has 0 saturated heterocycles. The second kappa shape index (κ2) is 5.46. The zero-order chi connectivity index (χ0) is 14.1. The van der Waals surface area contributed by atoms with Crippen molar-refractivity contribution in [3.63, 3.8) is 0 Å². The monoisotopic (exact) mass is 306 g/mol. The molecule has 5 heteroatoms. The molecule has 0 unspecified atom stereocenters. The summed E-state index contributed by atoms with van der Waals surface area (Å²) in [6.45, 7) is 0.561. The lowest BCUT2D eigenvalue weighted by molar-refractivity contribution is 0.0735. The van der Waals surface area contributed by atoms with Crippen molar-refractivity contribution in [1.82, 2.24) is 4.90 Å². The van der Waals surface area contributed by atoms with E-state index in [2.05, 4.69) is 0 Å². The maximum atomic E-state index is 12.6. The van der Waals surface area contributed by atoms with Crippen LogP contribution in [0.1, 0.15) is 28.1 Å². The highest BCUT2D eigenvalue weighted by Gasteiger charge is 2.33. The molecule has 1 saturated carbocycles. The van der Waals surface area contributed by atoms with Crippen LogP contribution in [0.2, 0.25) is 4.34 Å². The third-order valence-corrected chi connectivity index (χ3v) is 4.65. The van der Waals surface area contributed by atoms with Gasteiger partial charge in [0.15, 0.2) is 0 Å². The summed E-state index contributed by atoms with van der Waals surface area (Å²) < 4.78 is 0.642. The number of rotatable bonds is 4. The molecule has 0 radical (unpaired) electrons. The molecule has 0 bridgehead atoms. The third kappa shape index (κ3) is 2.81. The molecule has 0 atom stereocenters. The van der Waals surface area contributed by atoms with Crippen molar-refractivity contribution in [3.8, 4) is 0 Å². The highest BCUT2D eigenvalue weighted by molar-refractivity contribution is 7.17. The minimum atomic E-state index is 0.0488. The number of halogens is 1. The highest BCUT2D eigenvalue weighted by Crippen LogP contribution is 2.32. The van der Waals surface area contributed by atoms with Gasteiger partial charge in [-0.05, 0) is 36.6 Å². The van der Waals surface area contributed by atoms with Gasteiger partial charge in [0.2, 0.25) is 0 Å². The summed E-state index contributed by atoms with van der Waals surface area (Å²) in [5.74, 6) is 0.0488. The summed E-state index contributed by atoms with van der Waals surface area (Å²) in [5, 5.41) is 0. The molecule has 1 fully saturated rings. The maximum absolute atomic E-state index is 12.6. The van der Waals surface area contributed by atoms with Gasteiger partial charge in [0.05, 0.1) is 9.21 Å². The van der Waals surface area contributed by atoms with Crippen LogP contribution in [0.4, 0.5) is 5.69 Å². The van der Waals surface area contributed by atoms with Gasteiger partial charge in [0.25, 0.3) is 5.91 Å². The normalized spacial score (nSPS) is 14.2. The summed E-state index contributed by atoms with van der Waals surface area (Å²) in [5.41, 5.74) is 7.70. The molecule has 3 rings (SSSR count). The number of benzene rings is 1. The first-order valence-corrected chi connectivity index (χ1v) is 7.74. The minimum Gasteiger partial charge on any atom is -0.398 e. The van der Waals surface area contributed by atoms with E-state index >= 15 is 0 Å². The topological polar surface area (TPSA) is 46.3 Å². The van der Waals surface area contributed by atoms with Crippen molar-refractivity contribution >= 4 is 34.5 Å². The summed E-state index contributed by atoms with van der Waals surface area (Å²) in [6.07, 6.45) is 2.13. The first-order chi connectivity index (χ1) is 9.65. The zero-order valence-electron chi connectivity index (χ0n) is 10.9.